The normalized spacial score (nSPS) is 10.3. The van der Waals surface area contributed by atoms with Crippen molar-refractivity contribution in [2.75, 3.05) is 13.1 Å². The van der Waals surface area contributed by atoms with E-state index >= 15 is 0 Å². The number of carbonyl (C=O) groups is 1. The number of hydrogen-bond donors (Lipinski definition) is 1. The first-order chi connectivity index (χ1) is 7.26. The number of ketones is 1. The number of aryl methyl sites for hydroxylation is 1. The minimum absolute atomic E-state index is 0.189. The predicted octanol–water partition coefficient (Wildman–Crippen LogP) is 1.37. The quantitative estimate of drug-likeness (QED) is 0.764. The molecule has 1 aromatic rings. The van der Waals surface area contributed by atoms with Gasteiger partial charge >= 0.3 is 0 Å². The molecule has 0 amide bonds. The molecule has 1 aromatic heterocycles. The molecule has 1 rings (SSSR count). The molecule has 0 aliphatic carbocycles. The third-order valence-electron chi connectivity index (χ3n) is 2.24. The molecular formula is C12H18N2O. The van der Waals surface area contributed by atoms with Crippen molar-refractivity contribution in [1.82, 2.24) is 10.3 Å². The topological polar surface area (TPSA) is 42.0 Å². The van der Waals surface area contributed by atoms with Gasteiger partial charge in [-0.1, -0.05) is 19.9 Å². The van der Waals surface area contributed by atoms with E-state index in [4.69, 9.17) is 0 Å². The van der Waals surface area contributed by atoms with E-state index in [2.05, 4.69) is 17.2 Å². The molecule has 1 N–H and O–H groups in total. The van der Waals surface area contributed by atoms with Crippen molar-refractivity contribution >= 4 is 5.78 Å². The second kappa shape index (κ2) is 6.30. The van der Waals surface area contributed by atoms with Crippen molar-refractivity contribution in [3.05, 3.63) is 29.6 Å². The average molecular weight is 206 g/mol. The van der Waals surface area contributed by atoms with Gasteiger partial charge in [0.15, 0.2) is 5.78 Å². The number of Topliss-reactive ketones (excluding diaryl/α,β-unsaturated/α-hetero) is 1. The Morgan fingerprint density at radius 3 is 2.73 bits per heavy atom. The van der Waals surface area contributed by atoms with Crippen LogP contribution in [-0.2, 0) is 17.6 Å². The number of nitrogens with zero attached hydrogens (tertiary/aromatic N) is 1. The summed E-state index contributed by atoms with van der Waals surface area (Å²) < 4.78 is 0. The molecule has 0 unspecified atom stereocenters. The average Bonchev–Trinajstić information content (AvgIpc) is 2.27. The van der Waals surface area contributed by atoms with Crippen LogP contribution in [-0.4, -0.2) is 23.9 Å². The predicted molar refractivity (Wildman–Crippen MR) is 60.9 cm³/mol. The number of likely N-dealkylation sites (N-methyl/N-ethyl adjacent to an activating group) is 1. The van der Waals surface area contributed by atoms with Crippen molar-refractivity contribution < 1.29 is 4.79 Å². The van der Waals surface area contributed by atoms with Crippen molar-refractivity contribution in [3.8, 4) is 0 Å². The lowest BCUT2D eigenvalue weighted by Gasteiger charge is -2.02. The molecule has 0 aliphatic heterocycles. The molecule has 0 aliphatic rings. The highest BCUT2D eigenvalue weighted by molar-refractivity contribution is 5.82. The SMILES string of the molecule is CCNCC(=O)Cc1ccc(CC)cn1. The minimum atomic E-state index is 0.189. The minimum Gasteiger partial charge on any atom is -0.310 e. The summed E-state index contributed by atoms with van der Waals surface area (Å²) in [5.41, 5.74) is 2.06. The lowest BCUT2D eigenvalue weighted by Crippen LogP contribution is -2.24. The Kier molecular flexibility index (Phi) is 4.98. The molecule has 82 valence electrons. The molecule has 0 bridgehead atoms. The van der Waals surface area contributed by atoms with Crippen LogP contribution in [0, 0.1) is 0 Å². The molecule has 0 saturated heterocycles. The third-order valence-corrected chi connectivity index (χ3v) is 2.24. The summed E-state index contributed by atoms with van der Waals surface area (Å²) in [6.07, 6.45) is 3.26. The van der Waals surface area contributed by atoms with Gasteiger partial charge in [0.05, 0.1) is 13.0 Å². The zero-order valence-electron chi connectivity index (χ0n) is 9.42. The fourth-order valence-electron chi connectivity index (χ4n) is 1.30. The van der Waals surface area contributed by atoms with Crippen molar-refractivity contribution in [2.24, 2.45) is 0 Å². The number of aromatic nitrogens is 1. The van der Waals surface area contributed by atoms with E-state index in [0.717, 1.165) is 18.7 Å². The molecule has 0 spiro atoms. The highest BCUT2D eigenvalue weighted by Crippen LogP contribution is 2.01. The van der Waals surface area contributed by atoms with Crippen LogP contribution in [0.2, 0.25) is 0 Å². The first-order valence-corrected chi connectivity index (χ1v) is 5.42. The molecule has 0 radical (unpaired) electrons. The number of pyridine rings is 1. The molecule has 3 heteroatoms. The van der Waals surface area contributed by atoms with Gasteiger partial charge in [0.1, 0.15) is 0 Å². The second-order valence-electron chi connectivity index (χ2n) is 3.51. The smallest absolute Gasteiger partial charge is 0.152 e. The van der Waals surface area contributed by atoms with Crippen LogP contribution in [0.25, 0.3) is 0 Å². The molecule has 0 aromatic carbocycles. The molecule has 0 fully saturated rings. The van der Waals surface area contributed by atoms with Gasteiger partial charge in [-0.2, -0.15) is 0 Å². The Balaban J connectivity index is 2.46. The van der Waals surface area contributed by atoms with E-state index in [1.165, 1.54) is 5.56 Å². The Hall–Kier alpha value is -1.22. The third kappa shape index (κ3) is 4.21. The van der Waals surface area contributed by atoms with Crippen LogP contribution in [0.1, 0.15) is 25.1 Å². The maximum absolute atomic E-state index is 11.4. The molecule has 1 heterocycles. The molecule has 0 saturated carbocycles. The monoisotopic (exact) mass is 206 g/mol. The van der Waals surface area contributed by atoms with Gasteiger partial charge in [-0.3, -0.25) is 9.78 Å². The Bertz CT molecular complexity index is 306. The summed E-state index contributed by atoms with van der Waals surface area (Å²) in [7, 11) is 0. The standard InChI is InChI=1S/C12H18N2O/c1-3-10-5-6-11(14-8-10)7-12(15)9-13-4-2/h5-6,8,13H,3-4,7,9H2,1-2H3. The Morgan fingerprint density at radius 1 is 1.40 bits per heavy atom. The molecule has 3 nitrogen and oxygen atoms in total. The summed E-state index contributed by atoms with van der Waals surface area (Å²) in [5, 5.41) is 3.01. The number of nitrogens with one attached hydrogen (secondary N) is 1. The van der Waals surface area contributed by atoms with E-state index in [0.29, 0.717) is 13.0 Å². The van der Waals surface area contributed by atoms with Gasteiger partial charge in [-0.05, 0) is 24.6 Å². The zero-order chi connectivity index (χ0) is 11.1. The summed E-state index contributed by atoms with van der Waals surface area (Å²) in [4.78, 5) is 15.7. The van der Waals surface area contributed by atoms with Crippen molar-refractivity contribution in [1.29, 1.82) is 0 Å². The Labute approximate surface area is 90.9 Å². The van der Waals surface area contributed by atoms with Crippen LogP contribution in [0.4, 0.5) is 0 Å². The summed E-state index contributed by atoms with van der Waals surface area (Å²) in [6, 6.07) is 3.96. The van der Waals surface area contributed by atoms with E-state index in [9.17, 15) is 4.79 Å². The van der Waals surface area contributed by atoms with E-state index in [1.807, 2.05) is 25.3 Å². The van der Waals surface area contributed by atoms with Gasteiger partial charge in [0.2, 0.25) is 0 Å². The summed E-state index contributed by atoms with van der Waals surface area (Å²) in [6.45, 7) is 5.34. The van der Waals surface area contributed by atoms with Gasteiger partial charge in [0, 0.05) is 11.9 Å². The second-order valence-corrected chi connectivity index (χ2v) is 3.51. The van der Waals surface area contributed by atoms with Crippen LogP contribution >= 0.6 is 0 Å². The van der Waals surface area contributed by atoms with E-state index in [1.54, 1.807) is 0 Å². The number of rotatable bonds is 6. The van der Waals surface area contributed by atoms with Crippen LogP contribution in [0.15, 0.2) is 18.3 Å². The highest BCUT2D eigenvalue weighted by Gasteiger charge is 2.03. The maximum Gasteiger partial charge on any atom is 0.152 e. The fraction of sp³-hybridized carbons (Fsp3) is 0.500. The van der Waals surface area contributed by atoms with E-state index in [-0.39, 0.29) is 5.78 Å². The molecular weight excluding hydrogens is 188 g/mol. The van der Waals surface area contributed by atoms with Crippen molar-refractivity contribution in [2.45, 2.75) is 26.7 Å². The molecule has 0 atom stereocenters. The number of hydrogen-bond acceptors (Lipinski definition) is 3. The van der Waals surface area contributed by atoms with E-state index < -0.39 is 0 Å². The largest absolute Gasteiger partial charge is 0.310 e. The van der Waals surface area contributed by atoms with Crippen LogP contribution in [0.5, 0.6) is 0 Å². The van der Waals surface area contributed by atoms with Gasteiger partial charge in [-0.15, -0.1) is 0 Å². The lowest BCUT2D eigenvalue weighted by molar-refractivity contribution is -0.117. The lowest BCUT2D eigenvalue weighted by atomic mass is 10.1. The summed E-state index contributed by atoms with van der Waals surface area (Å²) in [5.74, 6) is 0.189. The molecule has 15 heavy (non-hydrogen) atoms. The fourth-order valence-corrected chi connectivity index (χ4v) is 1.30. The Morgan fingerprint density at radius 2 is 2.20 bits per heavy atom. The van der Waals surface area contributed by atoms with Crippen LogP contribution in [0.3, 0.4) is 0 Å². The van der Waals surface area contributed by atoms with Gasteiger partial charge < -0.3 is 5.32 Å². The number of carbonyl (C=O) groups excluding carboxylic acids is 1. The van der Waals surface area contributed by atoms with Gasteiger partial charge in [0.25, 0.3) is 0 Å². The zero-order valence-corrected chi connectivity index (χ0v) is 9.42. The van der Waals surface area contributed by atoms with Crippen LogP contribution < -0.4 is 5.32 Å². The van der Waals surface area contributed by atoms with Crippen molar-refractivity contribution in [3.63, 3.8) is 0 Å². The highest BCUT2D eigenvalue weighted by atomic mass is 16.1. The first-order valence-electron chi connectivity index (χ1n) is 5.42. The summed E-state index contributed by atoms with van der Waals surface area (Å²) >= 11 is 0. The van der Waals surface area contributed by atoms with Gasteiger partial charge in [-0.25, -0.2) is 0 Å². The maximum atomic E-state index is 11.4. The first kappa shape index (κ1) is 11.9.